The van der Waals surface area contributed by atoms with Crippen LogP contribution in [0.15, 0.2) is 163 Å². The molecule has 0 saturated carbocycles. The molecule has 3 heteroatoms. The first-order valence-corrected chi connectivity index (χ1v) is 16.1. The summed E-state index contributed by atoms with van der Waals surface area (Å²) in [7, 11) is 0. The van der Waals surface area contributed by atoms with E-state index >= 15 is 0 Å². The molecule has 0 aliphatic carbocycles. The van der Waals surface area contributed by atoms with Gasteiger partial charge in [-0.15, -0.1) is 0 Å². The highest BCUT2D eigenvalue weighted by Gasteiger charge is 2.17. The maximum absolute atomic E-state index is 5.24. The summed E-state index contributed by atoms with van der Waals surface area (Å²) in [6.45, 7) is 2.13. The minimum absolute atomic E-state index is 0.838. The number of aliphatic imine (C=N–C) groups is 1. The van der Waals surface area contributed by atoms with Crippen molar-refractivity contribution in [1.29, 1.82) is 0 Å². The fraction of sp³-hybridized carbons (Fsp3) is 0.0455. The van der Waals surface area contributed by atoms with Gasteiger partial charge in [0.2, 0.25) is 0 Å². The van der Waals surface area contributed by atoms with E-state index in [1.165, 1.54) is 44.2 Å². The molecule has 47 heavy (non-hydrogen) atoms. The van der Waals surface area contributed by atoms with Gasteiger partial charge >= 0.3 is 0 Å². The Morgan fingerprint density at radius 2 is 1.15 bits per heavy atom. The van der Waals surface area contributed by atoms with Gasteiger partial charge in [-0.3, -0.25) is 9.56 Å². The van der Waals surface area contributed by atoms with Crippen LogP contribution in [-0.4, -0.2) is 15.3 Å². The van der Waals surface area contributed by atoms with Crippen LogP contribution in [0.25, 0.3) is 61.1 Å². The average Bonchev–Trinajstić information content (AvgIpc) is 3.53. The summed E-state index contributed by atoms with van der Waals surface area (Å²) in [6, 6.07) is 56.4. The SMILES string of the molecule is C/C1=N\c2cc(-c3ccc4cc(-c5nc6ccccc6n5-c5ccccc5)ccc4c3)ccc2Cc2ccccc2-c2ccccc21. The molecule has 8 aromatic rings. The zero-order chi connectivity index (χ0) is 31.3. The third-order valence-electron chi connectivity index (χ3n) is 9.39. The number of aromatic nitrogens is 2. The number of para-hydroxylation sites is 3. The topological polar surface area (TPSA) is 30.2 Å². The molecule has 0 bridgehead atoms. The molecule has 0 unspecified atom stereocenters. The van der Waals surface area contributed by atoms with Crippen LogP contribution in [0, 0.1) is 0 Å². The van der Waals surface area contributed by atoms with Crippen molar-refractivity contribution in [2.45, 2.75) is 13.3 Å². The number of benzene rings is 7. The van der Waals surface area contributed by atoms with E-state index in [-0.39, 0.29) is 0 Å². The molecule has 3 nitrogen and oxygen atoms in total. The molecule has 2 heterocycles. The van der Waals surface area contributed by atoms with Gasteiger partial charge in [-0.2, -0.15) is 0 Å². The molecule has 0 amide bonds. The Balaban J connectivity index is 1.12. The Morgan fingerprint density at radius 3 is 2.00 bits per heavy atom. The summed E-state index contributed by atoms with van der Waals surface area (Å²) >= 11 is 0. The second kappa shape index (κ2) is 11.1. The van der Waals surface area contributed by atoms with Crippen molar-refractivity contribution >= 4 is 33.2 Å². The molecule has 0 saturated heterocycles. The van der Waals surface area contributed by atoms with Crippen molar-refractivity contribution in [2.75, 3.05) is 0 Å². The van der Waals surface area contributed by atoms with E-state index in [1.54, 1.807) is 0 Å². The van der Waals surface area contributed by atoms with E-state index < -0.39 is 0 Å². The van der Waals surface area contributed by atoms with Crippen molar-refractivity contribution in [3.8, 4) is 39.3 Å². The molecule has 0 radical (unpaired) electrons. The molecular weight excluding hydrogens is 571 g/mol. The van der Waals surface area contributed by atoms with Crippen LogP contribution in [-0.2, 0) is 6.42 Å². The molecule has 9 rings (SSSR count). The van der Waals surface area contributed by atoms with Crippen molar-refractivity contribution in [3.05, 3.63) is 174 Å². The summed E-state index contributed by atoms with van der Waals surface area (Å²) in [6.07, 6.45) is 0.838. The van der Waals surface area contributed by atoms with Crippen molar-refractivity contribution in [2.24, 2.45) is 4.99 Å². The summed E-state index contributed by atoms with van der Waals surface area (Å²) < 4.78 is 2.25. The van der Waals surface area contributed by atoms with Crippen molar-refractivity contribution < 1.29 is 0 Å². The minimum Gasteiger partial charge on any atom is -0.292 e. The van der Waals surface area contributed by atoms with E-state index in [4.69, 9.17) is 9.98 Å². The lowest BCUT2D eigenvalue weighted by Gasteiger charge is -2.13. The van der Waals surface area contributed by atoms with Crippen molar-refractivity contribution in [3.63, 3.8) is 0 Å². The molecule has 7 aromatic carbocycles. The fourth-order valence-corrected chi connectivity index (χ4v) is 7.04. The third-order valence-corrected chi connectivity index (χ3v) is 9.39. The van der Waals surface area contributed by atoms with E-state index in [2.05, 4.69) is 157 Å². The van der Waals surface area contributed by atoms with Crippen LogP contribution in [0.2, 0.25) is 0 Å². The van der Waals surface area contributed by atoms with E-state index in [0.29, 0.717) is 0 Å². The number of hydrogen-bond acceptors (Lipinski definition) is 2. The molecule has 0 atom stereocenters. The van der Waals surface area contributed by atoms with Crippen molar-refractivity contribution in [1.82, 2.24) is 9.55 Å². The van der Waals surface area contributed by atoms with Gasteiger partial charge in [0.25, 0.3) is 0 Å². The van der Waals surface area contributed by atoms with E-state index in [0.717, 1.165) is 51.5 Å². The smallest absolute Gasteiger partial charge is 0.145 e. The van der Waals surface area contributed by atoms with Gasteiger partial charge < -0.3 is 0 Å². The first-order valence-electron chi connectivity index (χ1n) is 16.1. The normalized spacial score (nSPS) is 13.5. The Hall–Kier alpha value is -6.06. The number of hydrogen-bond donors (Lipinski definition) is 0. The lowest BCUT2D eigenvalue weighted by atomic mass is 9.91. The number of fused-ring (bicyclic) bond motifs is 6. The van der Waals surface area contributed by atoms with Crippen LogP contribution in [0.1, 0.15) is 23.6 Å². The molecule has 0 fully saturated rings. The zero-order valence-corrected chi connectivity index (χ0v) is 26.1. The van der Waals surface area contributed by atoms with Crippen LogP contribution in [0.5, 0.6) is 0 Å². The Kier molecular flexibility index (Phi) is 6.43. The second-order valence-corrected chi connectivity index (χ2v) is 12.3. The van der Waals surface area contributed by atoms with Crippen LogP contribution >= 0.6 is 0 Å². The zero-order valence-electron chi connectivity index (χ0n) is 26.1. The van der Waals surface area contributed by atoms with E-state index in [9.17, 15) is 0 Å². The second-order valence-electron chi connectivity index (χ2n) is 12.3. The molecule has 0 N–H and O–H groups in total. The number of imidazole rings is 1. The highest BCUT2D eigenvalue weighted by atomic mass is 15.1. The molecule has 222 valence electrons. The predicted octanol–water partition coefficient (Wildman–Crippen LogP) is 11.2. The Bertz CT molecular complexity index is 2500. The molecule has 1 aromatic heterocycles. The molecule has 0 spiro atoms. The largest absolute Gasteiger partial charge is 0.292 e. The Morgan fingerprint density at radius 1 is 0.511 bits per heavy atom. The summed E-state index contributed by atoms with van der Waals surface area (Å²) in [4.78, 5) is 10.3. The third kappa shape index (κ3) is 4.76. The average molecular weight is 602 g/mol. The highest BCUT2D eigenvalue weighted by Crippen LogP contribution is 2.37. The maximum Gasteiger partial charge on any atom is 0.145 e. The molecular formula is C44H31N3. The number of rotatable bonds is 3. The van der Waals surface area contributed by atoms with Gasteiger partial charge in [-0.25, -0.2) is 4.98 Å². The van der Waals surface area contributed by atoms with Gasteiger partial charge in [0.15, 0.2) is 0 Å². The monoisotopic (exact) mass is 601 g/mol. The van der Waals surface area contributed by atoms with Crippen LogP contribution in [0.3, 0.4) is 0 Å². The Labute approximate surface area is 274 Å². The van der Waals surface area contributed by atoms with Crippen LogP contribution in [0.4, 0.5) is 5.69 Å². The summed E-state index contributed by atoms with van der Waals surface area (Å²) in [5, 5.41) is 2.38. The van der Waals surface area contributed by atoms with Gasteiger partial charge in [0.1, 0.15) is 5.82 Å². The summed E-state index contributed by atoms with van der Waals surface area (Å²) in [5.41, 5.74) is 14.9. The summed E-state index contributed by atoms with van der Waals surface area (Å²) in [5.74, 6) is 0.942. The highest BCUT2D eigenvalue weighted by molar-refractivity contribution is 6.06. The first-order chi connectivity index (χ1) is 23.2. The lowest BCUT2D eigenvalue weighted by Crippen LogP contribution is -1.98. The molecule has 1 aliphatic rings. The van der Waals surface area contributed by atoms with E-state index in [1.807, 2.05) is 12.1 Å². The fourth-order valence-electron chi connectivity index (χ4n) is 7.04. The maximum atomic E-state index is 5.24. The number of nitrogens with zero attached hydrogens (tertiary/aromatic N) is 3. The standard InChI is InChI=1S/C44H31N3/c1-29-38-14-7-8-16-40(38)39-15-6-5-11-34(39)27-35-23-21-33(28-42(35)45-29)31-19-20-32-26-36(24-22-30(32)25-31)44-46-41-17-9-10-18-43(41)47(44)37-12-3-2-4-13-37/h2-26,28H,27H2,1H3/b45-29+. The van der Waals surface area contributed by atoms with Gasteiger partial charge in [-0.1, -0.05) is 115 Å². The lowest BCUT2D eigenvalue weighted by molar-refractivity contribution is 1.10. The van der Waals surface area contributed by atoms with Crippen LogP contribution < -0.4 is 0 Å². The van der Waals surface area contributed by atoms with Gasteiger partial charge in [-0.05, 0) is 93.5 Å². The molecule has 1 aliphatic heterocycles. The quantitative estimate of drug-likeness (QED) is 0.198. The first kappa shape index (κ1) is 27.3. The predicted molar refractivity (Wildman–Crippen MR) is 196 cm³/mol. The van der Waals surface area contributed by atoms with Gasteiger partial charge in [0, 0.05) is 28.9 Å². The minimum atomic E-state index is 0.838. The van der Waals surface area contributed by atoms with Gasteiger partial charge in [0.05, 0.1) is 16.7 Å².